The van der Waals surface area contributed by atoms with Crippen LogP contribution in [0.2, 0.25) is 0 Å². The minimum absolute atomic E-state index is 0.107. The molecular formula is C11H15BrN2OS. The van der Waals surface area contributed by atoms with Crippen LogP contribution in [0.1, 0.15) is 24.2 Å². The zero-order chi connectivity index (χ0) is 11.8. The predicted molar refractivity (Wildman–Crippen MR) is 70.0 cm³/mol. The number of piperazine rings is 1. The van der Waals surface area contributed by atoms with Crippen molar-refractivity contribution in [3.63, 3.8) is 0 Å². The largest absolute Gasteiger partial charge is 0.331 e. The number of thiophene rings is 1. The van der Waals surface area contributed by atoms with Crippen LogP contribution in [-0.4, -0.2) is 36.0 Å². The molecule has 0 spiro atoms. The zero-order valence-electron chi connectivity index (χ0n) is 9.42. The highest BCUT2D eigenvalue weighted by Gasteiger charge is 2.33. The molecule has 2 rings (SSSR count). The second-order valence-corrected chi connectivity index (χ2v) is 6.88. The van der Waals surface area contributed by atoms with Crippen molar-refractivity contribution in [2.45, 2.75) is 19.4 Å². The minimum atomic E-state index is -0.107. The van der Waals surface area contributed by atoms with E-state index < -0.39 is 0 Å². The average molecular weight is 303 g/mol. The summed E-state index contributed by atoms with van der Waals surface area (Å²) in [6.45, 7) is 6.70. The lowest BCUT2D eigenvalue weighted by atomic mass is 9.99. The van der Waals surface area contributed by atoms with E-state index in [0.717, 1.165) is 29.0 Å². The van der Waals surface area contributed by atoms with Crippen molar-refractivity contribution in [1.82, 2.24) is 10.2 Å². The van der Waals surface area contributed by atoms with Gasteiger partial charge in [0.15, 0.2) is 0 Å². The van der Waals surface area contributed by atoms with Crippen molar-refractivity contribution in [2.75, 3.05) is 19.6 Å². The van der Waals surface area contributed by atoms with E-state index in [2.05, 4.69) is 35.1 Å². The number of halogens is 1. The van der Waals surface area contributed by atoms with Gasteiger partial charge in [-0.05, 0) is 35.8 Å². The molecule has 0 atom stereocenters. The fourth-order valence-electron chi connectivity index (χ4n) is 1.94. The van der Waals surface area contributed by atoms with Gasteiger partial charge in [0.1, 0.15) is 0 Å². The van der Waals surface area contributed by atoms with Crippen molar-refractivity contribution < 1.29 is 4.79 Å². The molecule has 2 heterocycles. The molecule has 1 amide bonds. The first-order valence-corrected chi connectivity index (χ1v) is 6.95. The number of carbonyl (C=O) groups is 1. The Bertz CT molecular complexity index is 402. The SMILES string of the molecule is CC1(C)CNCCN1C(=O)c1csc(Br)c1. The maximum atomic E-state index is 12.3. The zero-order valence-corrected chi connectivity index (χ0v) is 11.8. The molecule has 0 unspecified atom stereocenters. The quantitative estimate of drug-likeness (QED) is 0.863. The molecule has 1 saturated heterocycles. The van der Waals surface area contributed by atoms with E-state index in [0.29, 0.717) is 0 Å². The summed E-state index contributed by atoms with van der Waals surface area (Å²) in [5.74, 6) is 0.133. The fourth-order valence-corrected chi connectivity index (χ4v) is 3.07. The molecular weight excluding hydrogens is 288 g/mol. The number of rotatable bonds is 1. The fraction of sp³-hybridized carbons (Fsp3) is 0.545. The van der Waals surface area contributed by atoms with Crippen LogP contribution in [0.4, 0.5) is 0 Å². The minimum Gasteiger partial charge on any atom is -0.331 e. The summed E-state index contributed by atoms with van der Waals surface area (Å²) in [6, 6.07) is 1.89. The molecule has 1 aromatic heterocycles. The Labute approximate surface area is 108 Å². The first-order chi connectivity index (χ1) is 7.50. The summed E-state index contributed by atoms with van der Waals surface area (Å²) < 4.78 is 1.00. The number of nitrogens with one attached hydrogen (secondary N) is 1. The van der Waals surface area contributed by atoms with Crippen molar-refractivity contribution in [1.29, 1.82) is 0 Å². The summed E-state index contributed by atoms with van der Waals surface area (Å²) in [4.78, 5) is 14.3. The van der Waals surface area contributed by atoms with Gasteiger partial charge in [-0.25, -0.2) is 0 Å². The molecule has 1 fully saturated rings. The summed E-state index contributed by atoms with van der Waals surface area (Å²) in [5.41, 5.74) is 0.677. The Morgan fingerprint density at radius 1 is 1.62 bits per heavy atom. The van der Waals surface area contributed by atoms with Gasteiger partial charge in [-0.1, -0.05) is 0 Å². The van der Waals surface area contributed by atoms with Gasteiger partial charge < -0.3 is 10.2 Å². The second-order valence-electron chi connectivity index (χ2n) is 4.59. The molecule has 1 aliphatic heterocycles. The molecule has 16 heavy (non-hydrogen) atoms. The third kappa shape index (κ3) is 2.31. The van der Waals surface area contributed by atoms with Crippen LogP contribution in [-0.2, 0) is 0 Å². The first kappa shape index (κ1) is 12.1. The highest BCUT2D eigenvalue weighted by Crippen LogP contribution is 2.25. The molecule has 0 aromatic carbocycles. The van der Waals surface area contributed by atoms with E-state index in [1.54, 1.807) is 11.3 Å². The Balaban J connectivity index is 2.20. The molecule has 0 radical (unpaired) electrons. The third-order valence-electron chi connectivity index (χ3n) is 2.86. The Morgan fingerprint density at radius 2 is 2.38 bits per heavy atom. The summed E-state index contributed by atoms with van der Waals surface area (Å²) in [7, 11) is 0. The molecule has 1 aromatic rings. The van der Waals surface area contributed by atoms with E-state index in [-0.39, 0.29) is 11.4 Å². The summed E-state index contributed by atoms with van der Waals surface area (Å²) in [5, 5.41) is 5.22. The molecule has 88 valence electrons. The summed E-state index contributed by atoms with van der Waals surface area (Å²) >= 11 is 4.94. The van der Waals surface area contributed by atoms with Crippen LogP contribution >= 0.6 is 27.3 Å². The number of carbonyl (C=O) groups excluding carboxylic acids is 1. The normalized spacial score (nSPS) is 19.8. The first-order valence-electron chi connectivity index (χ1n) is 5.27. The third-order valence-corrected chi connectivity index (χ3v) is 4.36. The lowest BCUT2D eigenvalue weighted by molar-refractivity contribution is 0.0478. The van der Waals surface area contributed by atoms with E-state index in [1.807, 2.05) is 16.3 Å². The molecule has 1 N–H and O–H groups in total. The number of nitrogens with zero attached hydrogens (tertiary/aromatic N) is 1. The van der Waals surface area contributed by atoms with Gasteiger partial charge in [0.25, 0.3) is 5.91 Å². The second kappa shape index (κ2) is 4.47. The molecule has 0 saturated carbocycles. The van der Waals surface area contributed by atoms with Gasteiger partial charge >= 0.3 is 0 Å². The van der Waals surface area contributed by atoms with Gasteiger partial charge in [0, 0.05) is 25.0 Å². The highest BCUT2D eigenvalue weighted by atomic mass is 79.9. The average Bonchev–Trinajstić information content (AvgIpc) is 2.63. The number of hydrogen-bond donors (Lipinski definition) is 1. The maximum absolute atomic E-state index is 12.3. The standard InChI is InChI=1S/C11H15BrN2OS/c1-11(2)7-13-3-4-14(11)10(15)8-5-9(12)16-6-8/h5-6,13H,3-4,7H2,1-2H3. The molecule has 3 nitrogen and oxygen atoms in total. The van der Waals surface area contributed by atoms with E-state index in [4.69, 9.17) is 0 Å². The van der Waals surface area contributed by atoms with Crippen LogP contribution in [0.15, 0.2) is 15.2 Å². The lowest BCUT2D eigenvalue weighted by Crippen LogP contribution is -2.59. The van der Waals surface area contributed by atoms with Crippen LogP contribution in [0.25, 0.3) is 0 Å². The van der Waals surface area contributed by atoms with E-state index in [9.17, 15) is 4.79 Å². The maximum Gasteiger partial charge on any atom is 0.255 e. The number of hydrogen-bond acceptors (Lipinski definition) is 3. The van der Waals surface area contributed by atoms with Gasteiger partial charge in [-0.3, -0.25) is 4.79 Å². The topological polar surface area (TPSA) is 32.3 Å². The van der Waals surface area contributed by atoms with Crippen LogP contribution in [0.5, 0.6) is 0 Å². The monoisotopic (exact) mass is 302 g/mol. The van der Waals surface area contributed by atoms with Crippen molar-refractivity contribution in [2.24, 2.45) is 0 Å². The van der Waals surface area contributed by atoms with Gasteiger partial charge in [0.2, 0.25) is 0 Å². The molecule has 0 aliphatic carbocycles. The van der Waals surface area contributed by atoms with Crippen molar-refractivity contribution >= 4 is 33.2 Å². The Hall–Kier alpha value is -0.390. The Kier molecular flexibility index (Phi) is 3.37. The molecule has 0 bridgehead atoms. The van der Waals surface area contributed by atoms with Crippen LogP contribution in [0.3, 0.4) is 0 Å². The van der Waals surface area contributed by atoms with Crippen LogP contribution in [0, 0.1) is 0 Å². The predicted octanol–water partition coefficient (Wildman–Crippen LogP) is 2.33. The highest BCUT2D eigenvalue weighted by molar-refractivity contribution is 9.11. The van der Waals surface area contributed by atoms with E-state index >= 15 is 0 Å². The van der Waals surface area contributed by atoms with Gasteiger partial charge in [-0.2, -0.15) is 0 Å². The van der Waals surface area contributed by atoms with Crippen LogP contribution < -0.4 is 5.32 Å². The lowest BCUT2D eigenvalue weighted by Gasteiger charge is -2.42. The summed E-state index contributed by atoms with van der Waals surface area (Å²) in [6.07, 6.45) is 0. The van der Waals surface area contributed by atoms with Gasteiger partial charge in [0.05, 0.1) is 14.9 Å². The molecule has 1 aliphatic rings. The Morgan fingerprint density at radius 3 is 2.94 bits per heavy atom. The number of amides is 1. The van der Waals surface area contributed by atoms with E-state index in [1.165, 1.54) is 0 Å². The van der Waals surface area contributed by atoms with Crippen molar-refractivity contribution in [3.05, 3.63) is 20.8 Å². The smallest absolute Gasteiger partial charge is 0.255 e. The van der Waals surface area contributed by atoms with Crippen molar-refractivity contribution in [3.8, 4) is 0 Å². The molecule has 5 heteroatoms. The van der Waals surface area contributed by atoms with Gasteiger partial charge in [-0.15, -0.1) is 11.3 Å².